The van der Waals surface area contributed by atoms with Crippen LogP contribution in [-0.4, -0.2) is 29.8 Å². The Morgan fingerprint density at radius 1 is 1.16 bits per heavy atom. The number of benzene rings is 1. The lowest BCUT2D eigenvalue weighted by atomic mass is 9.97. The molecular formula is C17H27NO. The Balaban J connectivity index is 2.93. The molecule has 1 aromatic carbocycles. The molecule has 1 rings (SSSR count). The van der Waals surface area contributed by atoms with E-state index >= 15 is 0 Å². The van der Waals surface area contributed by atoms with E-state index in [0.29, 0.717) is 0 Å². The molecule has 0 bridgehead atoms. The van der Waals surface area contributed by atoms with Gasteiger partial charge in [0.2, 0.25) is 0 Å². The van der Waals surface area contributed by atoms with Crippen LogP contribution >= 0.6 is 0 Å². The van der Waals surface area contributed by atoms with Gasteiger partial charge < -0.3 is 0 Å². The van der Waals surface area contributed by atoms with Gasteiger partial charge in [0, 0.05) is 5.56 Å². The summed E-state index contributed by atoms with van der Waals surface area (Å²) in [6.07, 6.45) is 2.18. The summed E-state index contributed by atoms with van der Waals surface area (Å²) in [5, 5.41) is 0. The van der Waals surface area contributed by atoms with E-state index in [2.05, 4.69) is 24.8 Å². The maximum absolute atomic E-state index is 12.7. The summed E-state index contributed by atoms with van der Waals surface area (Å²) in [4.78, 5) is 15.0. The third-order valence-electron chi connectivity index (χ3n) is 3.61. The van der Waals surface area contributed by atoms with E-state index in [-0.39, 0.29) is 11.8 Å². The number of carbonyl (C=O) groups is 1. The molecule has 2 nitrogen and oxygen atoms in total. The van der Waals surface area contributed by atoms with Gasteiger partial charge in [-0.1, -0.05) is 31.5 Å². The number of nitrogens with zero attached hydrogens (tertiary/aromatic N) is 1. The van der Waals surface area contributed by atoms with E-state index < -0.39 is 0 Å². The van der Waals surface area contributed by atoms with Crippen molar-refractivity contribution in [3.63, 3.8) is 0 Å². The van der Waals surface area contributed by atoms with Crippen molar-refractivity contribution in [1.82, 2.24) is 4.90 Å². The normalized spacial score (nSPS) is 12.7. The summed E-state index contributed by atoms with van der Waals surface area (Å²) < 4.78 is 0. The summed E-state index contributed by atoms with van der Waals surface area (Å²) in [5.74, 6) is 0.253. The lowest BCUT2D eigenvalue weighted by molar-refractivity contribution is 0.0837. The predicted octanol–water partition coefficient (Wildman–Crippen LogP) is 4.00. The quantitative estimate of drug-likeness (QED) is 0.692. The Morgan fingerprint density at radius 3 is 2.26 bits per heavy atom. The molecule has 0 amide bonds. The Bertz CT molecular complexity index is 419. The molecule has 2 heteroatoms. The molecule has 0 aromatic heterocycles. The van der Waals surface area contributed by atoms with Gasteiger partial charge in [-0.2, -0.15) is 0 Å². The van der Waals surface area contributed by atoms with Crippen LogP contribution in [0.2, 0.25) is 0 Å². The average molecular weight is 261 g/mol. The van der Waals surface area contributed by atoms with Gasteiger partial charge in [-0.25, -0.2) is 0 Å². The predicted molar refractivity (Wildman–Crippen MR) is 81.9 cm³/mol. The minimum Gasteiger partial charge on any atom is -0.294 e. The number of aryl methyl sites for hydroxylation is 2. The third kappa shape index (κ3) is 4.17. The molecule has 0 N–H and O–H groups in total. The first-order chi connectivity index (χ1) is 9.01. The lowest BCUT2D eigenvalue weighted by Gasteiger charge is -2.27. The van der Waals surface area contributed by atoms with Crippen molar-refractivity contribution >= 4 is 5.78 Å². The molecule has 1 atom stereocenters. The van der Waals surface area contributed by atoms with Gasteiger partial charge in [0.25, 0.3) is 0 Å². The van der Waals surface area contributed by atoms with Crippen LogP contribution in [0.3, 0.4) is 0 Å². The van der Waals surface area contributed by atoms with Crippen LogP contribution in [-0.2, 0) is 0 Å². The SMILES string of the molecule is CCCN(CCC)C(C)C(=O)c1cc(C)ccc1C. The number of hydrogen-bond acceptors (Lipinski definition) is 2. The monoisotopic (exact) mass is 261 g/mol. The first kappa shape index (κ1) is 15.9. The van der Waals surface area contributed by atoms with Gasteiger partial charge in [0.15, 0.2) is 5.78 Å². The van der Waals surface area contributed by atoms with E-state index in [1.807, 2.05) is 32.9 Å². The summed E-state index contributed by atoms with van der Waals surface area (Å²) >= 11 is 0. The molecule has 0 saturated carbocycles. The largest absolute Gasteiger partial charge is 0.294 e. The zero-order valence-corrected chi connectivity index (χ0v) is 13.0. The molecular weight excluding hydrogens is 234 g/mol. The lowest BCUT2D eigenvalue weighted by Crippen LogP contribution is -2.40. The molecule has 106 valence electrons. The topological polar surface area (TPSA) is 20.3 Å². The molecule has 0 aliphatic rings. The second-order valence-electron chi connectivity index (χ2n) is 5.39. The molecule has 19 heavy (non-hydrogen) atoms. The van der Waals surface area contributed by atoms with Crippen LogP contribution in [0.5, 0.6) is 0 Å². The number of hydrogen-bond donors (Lipinski definition) is 0. The van der Waals surface area contributed by atoms with Crippen molar-refractivity contribution in [3.05, 3.63) is 34.9 Å². The number of Topliss-reactive ketones (excluding diaryl/α,β-unsaturated/α-hetero) is 1. The molecule has 0 radical (unpaired) electrons. The van der Waals surface area contributed by atoms with Crippen LogP contribution in [0.25, 0.3) is 0 Å². The van der Waals surface area contributed by atoms with E-state index in [0.717, 1.165) is 42.6 Å². The fourth-order valence-corrected chi connectivity index (χ4v) is 2.47. The molecule has 1 aromatic rings. The average Bonchev–Trinajstić information content (AvgIpc) is 2.39. The molecule has 0 aliphatic heterocycles. The van der Waals surface area contributed by atoms with Crippen molar-refractivity contribution in [2.45, 2.75) is 53.5 Å². The van der Waals surface area contributed by atoms with Crippen LogP contribution in [0.4, 0.5) is 0 Å². The Morgan fingerprint density at radius 2 is 1.74 bits per heavy atom. The van der Waals surface area contributed by atoms with Crippen LogP contribution < -0.4 is 0 Å². The van der Waals surface area contributed by atoms with Crippen molar-refractivity contribution in [1.29, 1.82) is 0 Å². The minimum absolute atomic E-state index is 0.0274. The van der Waals surface area contributed by atoms with Crippen molar-refractivity contribution in [3.8, 4) is 0 Å². The number of ketones is 1. The van der Waals surface area contributed by atoms with Crippen LogP contribution in [0.15, 0.2) is 18.2 Å². The maximum atomic E-state index is 12.7. The molecule has 1 unspecified atom stereocenters. The molecule has 0 aliphatic carbocycles. The van der Waals surface area contributed by atoms with E-state index in [1.54, 1.807) is 0 Å². The minimum atomic E-state index is -0.0274. The second-order valence-corrected chi connectivity index (χ2v) is 5.39. The van der Waals surface area contributed by atoms with Crippen molar-refractivity contribution in [2.24, 2.45) is 0 Å². The van der Waals surface area contributed by atoms with Gasteiger partial charge in [0.1, 0.15) is 0 Å². The Kier molecular flexibility index (Phi) is 6.23. The Hall–Kier alpha value is -1.15. The van der Waals surface area contributed by atoms with Crippen LogP contribution in [0.1, 0.15) is 55.1 Å². The third-order valence-corrected chi connectivity index (χ3v) is 3.61. The van der Waals surface area contributed by atoms with E-state index in [4.69, 9.17) is 0 Å². The second kappa shape index (κ2) is 7.44. The summed E-state index contributed by atoms with van der Waals surface area (Å²) in [7, 11) is 0. The Labute approximate surface area is 117 Å². The molecule has 0 fully saturated rings. The smallest absolute Gasteiger partial charge is 0.179 e. The fourth-order valence-electron chi connectivity index (χ4n) is 2.47. The highest BCUT2D eigenvalue weighted by Crippen LogP contribution is 2.16. The molecule has 0 heterocycles. The summed E-state index contributed by atoms with van der Waals surface area (Å²) in [5.41, 5.74) is 3.11. The highest BCUT2D eigenvalue weighted by Gasteiger charge is 2.22. The maximum Gasteiger partial charge on any atom is 0.179 e. The van der Waals surface area contributed by atoms with Crippen molar-refractivity contribution in [2.75, 3.05) is 13.1 Å². The van der Waals surface area contributed by atoms with Gasteiger partial charge >= 0.3 is 0 Å². The summed E-state index contributed by atoms with van der Waals surface area (Å²) in [6.45, 7) is 12.4. The van der Waals surface area contributed by atoms with Gasteiger partial charge in [-0.15, -0.1) is 0 Å². The molecule has 0 saturated heterocycles. The zero-order valence-electron chi connectivity index (χ0n) is 13.0. The first-order valence-corrected chi connectivity index (χ1v) is 7.36. The highest BCUT2D eigenvalue weighted by atomic mass is 16.1. The first-order valence-electron chi connectivity index (χ1n) is 7.36. The van der Waals surface area contributed by atoms with Crippen LogP contribution in [0, 0.1) is 13.8 Å². The molecule has 0 spiro atoms. The van der Waals surface area contributed by atoms with E-state index in [9.17, 15) is 4.79 Å². The van der Waals surface area contributed by atoms with Gasteiger partial charge in [0.05, 0.1) is 6.04 Å². The van der Waals surface area contributed by atoms with Gasteiger partial charge in [-0.3, -0.25) is 9.69 Å². The number of carbonyl (C=O) groups excluding carboxylic acids is 1. The standard InChI is InChI=1S/C17H27NO/c1-6-10-18(11-7-2)15(5)17(19)16-12-13(3)8-9-14(16)4/h8-9,12,15H,6-7,10-11H2,1-5H3. The highest BCUT2D eigenvalue weighted by molar-refractivity contribution is 6.01. The zero-order chi connectivity index (χ0) is 14.4. The van der Waals surface area contributed by atoms with Gasteiger partial charge in [-0.05, 0) is 58.3 Å². The fraction of sp³-hybridized carbons (Fsp3) is 0.588. The van der Waals surface area contributed by atoms with E-state index in [1.165, 1.54) is 0 Å². The summed E-state index contributed by atoms with van der Waals surface area (Å²) in [6, 6.07) is 6.09. The number of rotatable bonds is 7. The van der Waals surface area contributed by atoms with Crippen molar-refractivity contribution < 1.29 is 4.79 Å².